The van der Waals surface area contributed by atoms with E-state index in [4.69, 9.17) is 17.5 Å². The zero-order valence-corrected chi connectivity index (χ0v) is 4.38. The summed E-state index contributed by atoms with van der Waals surface area (Å²) in [7, 11) is 0. The summed E-state index contributed by atoms with van der Waals surface area (Å²) in [6.07, 6.45) is -10.1. The van der Waals surface area contributed by atoms with E-state index in [2.05, 4.69) is 0 Å². The average Bonchev–Trinajstić information content (AvgIpc) is 2.14. The molecule has 1 aliphatic rings. The first-order valence-corrected chi connectivity index (χ1v) is 2.24. The maximum atomic E-state index is 10.9. The van der Waals surface area contributed by atoms with Crippen LogP contribution in [-0.4, -0.2) is 23.6 Å². The van der Waals surface area contributed by atoms with Crippen molar-refractivity contribution in [2.24, 2.45) is 0 Å². The molecule has 9 heavy (non-hydrogen) atoms. The largest absolute Gasteiger partial charge is 0.480 e. The molecule has 1 rings (SSSR count). The molecule has 0 aromatic carbocycles. The second-order valence-corrected chi connectivity index (χ2v) is 1.38. The summed E-state index contributed by atoms with van der Waals surface area (Å²) in [6, 6.07) is -2.45. The van der Waals surface area contributed by atoms with Gasteiger partial charge in [0.15, 0.2) is 0 Å². The topological polar surface area (TPSA) is 49.3 Å². The van der Waals surface area contributed by atoms with Crippen LogP contribution in [0.2, 0.25) is 1.41 Å². The number of carbonyl (C=O) groups is 1. The van der Waals surface area contributed by atoms with E-state index in [0.717, 1.165) is 0 Å². The molecule has 1 saturated heterocycles. The molecule has 0 bridgehead atoms. The van der Waals surface area contributed by atoms with Crippen molar-refractivity contribution in [2.45, 2.75) is 25.2 Å². The first-order chi connectivity index (χ1) is 7.73. The van der Waals surface area contributed by atoms with E-state index in [0.29, 0.717) is 0 Å². The third-order valence-electron chi connectivity index (χ3n) is 0.755. The van der Waals surface area contributed by atoms with Crippen LogP contribution in [0.15, 0.2) is 0 Å². The first-order valence-electron chi connectivity index (χ1n) is 6.68. The van der Waals surface area contributed by atoms with Gasteiger partial charge in [0.25, 0.3) is 0 Å². The van der Waals surface area contributed by atoms with Crippen LogP contribution in [0.4, 0.5) is 0 Å². The van der Waals surface area contributed by atoms with E-state index in [9.17, 15) is 4.79 Å². The molecule has 0 aliphatic carbocycles. The van der Waals surface area contributed by atoms with Gasteiger partial charge in [-0.05, 0) is 19.2 Å². The normalized spacial score (nSPS) is 67.1. The third kappa shape index (κ3) is 1.68. The predicted octanol–water partition coefficient (Wildman–Crippen LogP) is 0.213. The summed E-state index contributed by atoms with van der Waals surface area (Å²) in [6.45, 7) is -3.29. The van der Waals surface area contributed by atoms with E-state index in [1.807, 2.05) is 0 Å². The highest BCUT2D eigenvalue weighted by Crippen LogP contribution is 2.05. The van der Waals surface area contributed by atoms with Crippen LogP contribution in [0, 0.1) is 0 Å². The Morgan fingerprint density at radius 1 is 1.89 bits per heavy atom. The quantitative estimate of drug-likeness (QED) is 0.544. The summed E-state index contributed by atoms with van der Waals surface area (Å²) in [4.78, 5) is 10.9. The number of carboxylic acid groups (broad SMARTS) is 1. The molecule has 52 valence electrons. The number of nitrogens with one attached hydrogen (secondary N) is 1. The minimum Gasteiger partial charge on any atom is -0.480 e. The van der Waals surface area contributed by atoms with Crippen LogP contribution in [0.3, 0.4) is 0 Å². The summed E-state index contributed by atoms with van der Waals surface area (Å²) in [5.41, 5.74) is 0. The van der Waals surface area contributed by atoms with Gasteiger partial charge in [-0.15, -0.1) is 0 Å². The van der Waals surface area contributed by atoms with Gasteiger partial charge in [-0.1, -0.05) is 6.37 Å². The molecule has 0 aromatic rings. The number of piperidine rings is 1. The molecule has 1 fully saturated rings. The van der Waals surface area contributed by atoms with Gasteiger partial charge in [0, 0.05) is 11.0 Å². The van der Waals surface area contributed by atoms with Crippen molar-refractivity contribution >= 4 is 5.97 Å². The van der Waals surface area contributed by atoms with Gasteiger partial charge >= 0.3 is 5.97 Å². The van der Waals surface area contributed by atoms with Crippen LogP contribution in [-0.2, 0) is 4.79 Å². The molecule has 1 aliphatic heterocycles. The Labute approximate surface area is 66.8 Å². The summed E-state index contributed by atoms with van der Waals surface area (Å²) >= 11 is 0. The van der Waals surface area contributed by atoms with Gasteiger partial charge < -0.3 is 10.4 Å². The van der Waals surface area contributed by atoms with Crippen molar-refractivity contribution in [1.29, 1.82) is 0 Å². The summed E-state index contributed by atoms with van der Waals surface area (Å²) < 4.78 is 66.4. The second kappa shape index (κ2) is 2.82. The van der Waals surface area contributed by atoms with E-state index in [-0.39, 0.29) is 5.31 Å². The molecule has 0 radical (unpaired) electrons. The van der Waals surface area contributed by atoms with E-state index in [1.165, 1.54) is 0 Å². The molecule has 3 heteroatoms. The van der Waals surface area contributed by atoms with Gasteiger partial charge in [0.1, 0.15) is 7.45 Å². The highest BCUT2D eigenvalue weighted by atomic mass is 16.4. The molecule has 0 spiro atoms. The van der Waals surface area contributed by atoms with Crippen molar-refractivity contribution in [3.63, 3.8) is 0 Å². The fourth-order valence-corrected chi connectivity index (χ4v) is 0.378. The molecule has 3 nitrogen and oxygen atoms in total. The highest BCUT2D eigenvalue weighted by molar-refractivity contribution is 5.73. The molecule has 1 heterocycles. The lowest BCUT2D eigenvalue weighted by Crippen LogP contribution is -2.40. The predicted molar refractivity (Wildman–Crippen MR) is 33.3 cm³/mol. The van der Waals surface area contributed by atoms with Crippen LogP contribution in [0.5, 0.6) is 0 Å². The van der Waals surface area contributed by atoms with Gasteiger partial charge in [-0.2, -0.15) is 0 Å². The Bertz CT molecular complexity index is 381. The zero-order chi connectivity index (χ0) is 14.7. The smallest absolute Gasteiger partial charge is 0.320 e. The molecule has 0 saturated carbocycles. The van der Waals surface area contributed by atoms with E-state index in [1.54, 1.807) is 0 Å². The number of aliphatic carboxylic acids is 1. The van der Waals surface area contributed by atoms with Gasteiger partial charge in [-0.25, -0.2) is 0 Å². The fourth-order valence-electron chi connectivity index (χ4n) is 0.378. The molecule has 1 atom stereocenters. The van der Waals surface area contributed by atoms with Gasteiger partial charge in [-0.3, -0.25) is 4.79 Å². The maximum Gasteiger partial charge on any atom is 0.320 e. The molecule has 2 N–H and O–H groups in total. The molecule has 0 amide bonds. The van der Waals surface area contributed by atoms with Crippen molar-refractivity contribution in [3.8, 4) is 0 Å². The minimum atomic E-state index is -3.41. The van der Waals surface area contributed by atoms with Crippen LogP contribution < -0.4 is 5.31 Å². The highest BCUT2D eigenvalue weighted by Gasteiger charge is 2.18. The summed E-state index contributed by atoms with van der Waals surface area (Å²) in [5.74, 6) is -1.93. The lowest BCUT2D eigenvalue weighted by Gasteiger charge is -2.18. The maximum absolute atomic E-state index is 10.9. The molecule has 0 aromatic heterocycles. The van der Waals surface area contributed by atoms with Gasteiger partial charge in [0.2, 0.25) is 0 Å². The van der Waals surface area contributed by atoms with E-state index >= 15 is 0 Å². The first kappa shape index (κ1) is 1.53. The molecular formula is C6H11NO2. The molecular weight excluding hydrogens is 118 g/mol. The zero-order valence-electron chi connectivity index (χ0n) is 13.4. The Morgan fingerprint density at radius 2 is 2.67 bits per heavy atom. The van der Waals surface area contributed by atoms with Crippen molar-refractivity contribution < 1.29 is 22.3 Å². The fraction of sp³-hybridized carbons (Fsp3) is 0.833. The Hall–Kier alpha value is -0.570. The number of hydrogen-bond acceptors (Lipinski definition) is 2. The Balaban J connectivity index is 3.54. The third-order valence-corrected chi connectivity index (χ3v) is 0.755. The van der Waals surface area contributed by atoms with E-state index < -0.39 is 37.6 Å². The summed E-state index contributed by atoms with van der Waals surface area (Å²) in [5, 5.41) is 8.46. The monoisotopic (exact) mass is 138 g/mol. The number of carboxylic acids is 1. The van der Waals surface area contributed by atoms with Gasteiger partial charge in [0.05, 0.1) is 0 Å². The lowest BCUT2D eigenvalue weighted by molar-refractivity contribution is -0.140. The lowest BCUT2D eigenvalue weighted by atomic mass is 10.1. The second-order valence-electron chi connectivity index (χ2n) is 1.38. The Morgan fingerprint density at radius 3 is 3.33 bits per heavy atom. The van der Waals surface area contributed by atoms with Crippen molar-refractivity contribution in [1.82, 2.24) is 5.31 Å². The minimum absolute atomic E-state index is 0.364. The number of hydrogen-bond donors (Lipinski definition) is 2. The standard InChI is InChI=1S/C6H11NO2/c8-6(9)5-3-1-2-4-7-5/h5,7H,1-4H2,(H,8,9)/i1D2,2D2,3D2,4D2/hD. The number of rotatable bonds is 1. The van der Waals surface area contributed by atoms with Crippen LogP contribution >= 0.6 is 0 Å². The van der Waals surface area contributed by atoms with Crippen molar-refractivity contribution in [2.75, 3.05) is 6.50 Å². The average molecular weight is 138 g/mol. The Kier molecular flexibility index (Phi) is 0.481. The van der Waals surface area contributed by atoms with Crippen molar-refractivity contribution in [3.05, 3.63) is 0 Å². The van der Waals surface area contributed by atoms with Crippen LogP contribution in [0.1, 0.15) is 30.1 Å². The SMILES string of the molecule is [2H]N1C(C(=O)O)C([2H])([2H])C([2H])([2H])C([2H])([2H])C1([2H])[2H]. The molecule has 1 unspecified atom stereocenters. The van der Waals surface area contributed by atoms with Crippen LogP contribution in [0.25, 0.3) is 0 Å².